The predicted molar refractivity (Wildman–Crippen MR) is 132 cm³/mol. The van der Waals surface area contributed by atoms with E-state index >= 15 is 0 Å². The molecule has 1 fully saturated rings. The van der Waals surface area contributed by atoms with E-state index in [1.165, 1.54) is 21.8 Å². The molecule has 8 nitrogen and oxygen atoms in total. The summed E-state index contributed by atoms with van der Waals surface area (Å²) in [5, 5.41) is 5.04. The Bertz CT molecular complexity index is 1460. The predicted octanol–water partition coefficient (Wildman–Crippen LogP) is 4.34. The highest BCUT2D eigenvalue weighted by Gasteiger charge is 2.27. The summed E-state index contributed by atoms with van der Waals surface area (Å²) in [5.41, 5.74) is 0.905. The van der Waals surface area contributed by atoms with Crippen LogP contribution >= 0.6 is 11.3 Å². The zero-order valence-corrected chi connectivity index (χ0v) is 20.0. The summed E-state index contributed by atoms with van der Waals surface area (Å²) in [6.07, 6.45) is 4.47. The van der Waals surface area contributed by atoms with E-state index in [0.717, 1.165) is 19.3 Å². The molecule has 0 saturated carbocycles. The minimum absolute atomic E-state index is 0.162. The van der Waals surface area contributed by atoms with Crippen molar-refractivity contribution in [3.63, 3.8) is 0 Å². The first-order valence-electron chi connectivity index (χ1n) is 11.1. The van der Waals surface area contributed by atoms with Crippen LogP contribution in [0.3, 0.4) is 0 Å². The van der Waals surface area contributed by atoms with E-state index in [2.05, 4.69) is 10.3 Å². The number of sulfonamides is 1. The van der Waals surface area contributed by atoms with Crippen molar-refractivity contribution >= 4 is 32.0 Å². The Morgan fingerprint density at radius 3 is 2.62 bits per heavy atom. The molecular weight excluding hydrogens is 472 g/mol. The van der Waals surface area contributed by atoms with Gasteiger partial charge in [0, 0.05) is 30.7 Å². The van der Waals surface area contributed by atoms with Gasteiger partial charge in [-0.3, -0.25) is 9.20 Å². The fraction of sp³-hybridized carbons (Fsp3) is 0.250. The molecule has 0 spiro atoms. The number of nitrogens with one attached hydrogen (secondary N) is 1. The maximum atomic E-state index is 13.2. The van der Waals surface area contributed by atoms with Crippen molar-refractivity contribution in [3.8, 4) is 11.5 Å². The second-order valence-electron chi connectivity index (χ2n) is 8.03. The van der Waals surface area contributed by atoms with Crippen molar-refractivity contribution < 1.29 is 13.2 Å². The number of thiazole rings is 1. The molecule has 1 saturated heterocycles. The standard InChI is InChI=1S/C24H24N4O4S2/c29-23-15-18(26-24-28(23)13-14-33-24)17-25-21-16-20(34(30,31)27-11-5-2-6-12-27)9-10-22(21)32-19-7-3-1-4-8-19/h1,3-4,7-10,13-16,25H,2,5-6,11-12,17H2. The number of benzene rings is 2. The van der Waals surface area contributed by atoms with Crippen molar-refractivity contribution in [1.29, 1.82) is 0 Å². The van der Waals surface area contributed by atoms with E-state index in [4.69, 9.17) is 4.74 Å². The molecule has 5 rings (SSSR count). The normalized spacial score (nSPS) is 14.8. The van der Waals surface area contributed by atoms with Gasteiger partial charge < -0.3 is 10.1 Å². The van der Waals surface area contributed by atoms with Crippen LogP contribution in [-0.2, 0) is 16.6 Å². The summed E-state index contributed by atoms with van der Waals surface area (Å²) in [7, 11) is -3.61. The summed E-state index contributed by atoms with van der Waals surface area (Å²) in [6.45, 7) is 1.30. The molecule has 2 aromatic heterocycles. The molecule has 0 aliphatic carbocycles. The summed E-state index contributed by atoms with van der Waals surface area (Å²) >= 11 is 1.38. The van der Waals surface area contributed by atoms with Crippen LogP contribution in [0.1, 0.15) is 25.0 Å². The summed E-state index contributed by atoms with van der Waals surface area (Å²) in [6, 6.07) is 15.6. The number of anilines is 1. The largest absolute Gasteiger partial charge is 0.455 e. The number of rotatable bonds is 7. The highest BCUT2D eigenvalue weighted by Crippen LogP contribution is 2.33. The fourth-order valence-corrected chi connectivity index (χ4v) is 6.21. The van der Waals surface area contributed by atoms with Gasteiger partial charge in [-0.05, 0) is 43.2 Å². The minimum atomic E-state index is -3.61. The monoisotopic (exact) mass is 496 g/mol. The highest BCUT2D eigenvalue weighted by molar-refractivity contribution is 7.89. The maximum absolute atomic E-state index is 13.2. The van der Waals surface area contributed by atoms with Gasteiger partial charge in [-0.1, -0.05) is 24.6 Å². The number of ether oxygens (including phenoxy) is 1. The van der Waals surface area contributed by atoms with E-state index < -0.39 is 10.0 Å². The topological polar surface area (TPSA) is 93.0 Å². The Balaban J connectivity index is 1.47. The zero-order valence-electron chi connectivity index (χ0n) is 18.4. The lowest BCUT2D eigenvalue weighted by Crippen LogP contribution is -2.35. The Kier molecular flexibility index (Phi) is 6.36. The van der Waals surface area contributed by atoms with Crippen molar-refractivity contribution in [2.75, 3.05) is 18.4 Å². The van der Waals surface area contributed by atoms with E-state index in [0.29, 0.717) is 40.9 Å². The Labute approximate surface area is 201 Å². The number of hydrogen-bond donors (Lipinski definition) is 1. The minimum Gasteiger partial charge on any atom is -0.455 e. The maximum Gasteiger partial charge on any atom is 0.258 e. The third-order valence-corrected chi connectivity index (χ3v) is 8.34. The molecule has 3 heterocycles. The highest BCUT2D eigenvalue weighted by atomic mass is 32.2. The molecule has 1 aliphatic heterocycles. The van der Waals surface area contributed by atoms with Gasteiger partial charge in [-0.2, -0.15) is 4.31 Å². The molecule has 0 amide bonds. The molecule has 0 unspecified atom stereocenters. The van der Waals surface area contributed by atoms with Crippen LogP contribution in [0.4, 0.5) is 5.69 Å². The quantitative estimate of drug-likeness (QED) is 0.409. The van der Waals surface area contributed by atoms with Gasteiger partial charge in [0.15, 0.2) is 10.7 Å². The van der Waals surface area contributed by atoms with Crippen molar-refractivity contribution in [2.24, 2.45) is 0 Å². The SMILES string of the molecule is O=c1cc(CNc2cc(S(=O)(=O)N3CCCCC3)ccc2Oc2ccccc2)nc2sccn12. The Morgan fingerprint density at radius 1 is 1.03 bits per heavy atom. The third-order valence-electron chi connectivity index (χ3n) is 5.69. The number of nitrogens with zero attached hydrogens (tertiary/aromatic N) is 3. The molecule has 1 aliphatic rings. The van der Waals surface area contributed by atoms with Gasteiger partial charge in [0.2, 0.25) is 10.0 Å². The van der Waals surface area contributed by atoms with Crippen molar-refractivity contribution in [2.45, 2.75) is 30.7 Å². The second kappa shape index (κ2) is 9.57. The van der Waals surface area contributed by atoms with Gasteiger partial charge in [-0.25, -0.2) is 13.4 Å². The molecule has 0 radical (unpaired) electrons. The average Bonchev–Trinajstić information content (AvgIpc) is 3.34. The molecule has 34 heavy (non-hydrogen) atoms. The lowest BCUT2D eigenvalue weighted by Gasteiger charge is -2.26. The lowest BCUT2D eigenvalue weighted by atomic mass is 10.2. The fourth-order valence-electron chi connectivity index (χ4n) is 3.93. The summed E-state index contributed by atoms with van der Waals surface area (Å²) < 4.78 is 35.6. The number of hydrogen-bond acceptors (Lipinski definition) is 7. The molecule has 2 aromatic carbocycles. The van der Waals surface area contributed by atoms with E-state index in [1.807, 2.05) is 35.7 Å². The first-order chi connectivity index (χ1) is 16.5. The van der Waals surface area contributed by atoms with Crippen LogP contribution in [0, 0.1) is 0 Å². The van der Waals surface area contributed by atoms with E-state index in [-0.39, 0.29) is 17.0 Å². The molecule has 0 atom stereocenters. The van der Waals surface area contributed by atoms with Crippen LogP contribution in [0.25, 0.3) is 4.96 Å². The molecule has 10 heteroatoms. The number of aromatic nitrogens is 2. The average molecular weight is 497 g/mol. The van der Waals surface area contributed by atoms with Crippen molar-refractivity contribution in [1.82, 2.24) is 13.7 Å². The molecule has 1 N–H and O–H groups in total. The molecule has 4 aromatic rings. The van der Waals surface area contributed by atoms with Gasteiger partial charge in [0.05, 0.1) is 22.8 Å². The van der Waals surface area contributed by atoms with Gasteiger partial charge >= 0.3 is 0 Å². The number of piperidine rings is 1. The van der Waals surface area contributed by atoms with Crippen LogP contribution in [-0.4, -0.2) is 35.2 Å². The lowest BCUT2D eigenvalue weighted by molar-refractivity contribution is 0.346. The van der Waals surface area contributed by atoms with Gasteiger partial charge in [0.25, 0.3) is 5.56 Å². The van der Waals surface area contributed by atoms with E-state index in [9.17, 15) is 13.2 Å². The van der Waals surface area contributed by atoms with Crippen LogP contribution in [0.15, 0.2) is 75.9 Å². The van der Waals surface area contributed by atoms with Crippen LogP contribution in [0.2, 0.25) is 0 Å². The van der Waals surface area contributed by atoms with Crippen molar-refractivity contribution in [3.05, 3.63) is 82.2 Å². The van der Waals surface area contributed by atoms with E-state index in [1.54, 1.807) is 28.7 Å². The van der Waals surface area contributed by atoms with Crippen LogP contribution < -0.4 is 15.6 Å². The summed E-state index contributed by atoms with van der Waals surface area (Å²) in [4.78, 5) is 17.7. The smallest absolute Gasteiger partial charge is 0.258 e. The molecule has 176 valence electrons. The summed E-state index contributed by atoms with van der Waals surface area (Å²) in [5.74, 6) is 1.12. The number of fused-ring (bicyclic) bond motifs is 1. The first kappa shape index (κ1) is 22.6. The van der Waals surface area contributed by atoms with Crippen LogP contribution in [0.5, 0.6) is 11.5 Å². The zero-order chi connectivity index (χ0) is 23.5. The third kappa shape index (κ3) is 4.70. The first-order valence-corrected chi connectivity index (χ1v) is 13.4. The molecule has 0 bridgehead atoms. The second-order valence-corrected chi connectivity index (χ2v) is 10.8. The Morgan fingerprint density at radius 2 is 1.82 bits per heavy atom. The Hall–Kier alpha value is -3.21. The van der Waals surface area contributed by atoms with Gasteiger partial charge in [0.1, 0.15) is 5.75 Å². The number of para-hydroxylation sites is 1. The molecular formula is C24H24N4O4S2. The van der Waals surface area contributed by atoms with Gasteiger partial charge in [-0.15, -0.1) is 11.3 Å².